The minimum absolute atomic E-state index is 0.0298. The van der Waals surface area contributed by atoms with Crippen molar-refractivity contribution in [2.75, 3.05) is 25.4 Å². The molecule has 0 bridgehead atoms. The number of carboxylic acid groups (broad SMARTS) is 1. The van der Waals surface area contributed by atoms with E-state index in [1.54, 1.807) is 4.90 Å². The zero-order valence-corrected chi connectivity index (χ0v) is 14.8. The molecule has 10 heteroatoms. The van der Waals surface area contributed by atoms with Crippen LogP contribution in [0.3, 0.4) is 0 Å². The van der Waals surface area contributed by atoms with Crippen molar-refractivity contribution >= 4 is 36.3 Å². The van der Waals surface area contributed by atoms with E-state index >= 15 is 0 Å². The zero-order valence-electron chi connectivity index (χ0n) is 13.9. The van der Waals surface area contributed by atoms with Crippen molar-refractivity contribution in [3.63, 3.8) is 0 Å². The molecule has 2 saturated heterocycles. The summed E-state index contributed by atoms with van der Waals surface area (Å²) in [6, 6.07) is -1.80. The summed E-state index contributed by atoms with van der Waals surface area (Å²) in [5, 5.41) is 16.5. The fourth-order valence-electron chi connectivity index (χ4n) is 3.15. The van der Waals surface area contributed by atoms with Gasteiger partial charge in [-0.2, -0.15) is 12.6 Å². The second kappa shape index (κ2) is 9.04. The highest BCUT2D eigenvalue weighted by atomic mass is 32.1. The first-order valence-corrected chi connectivity index (χ1v) is 9.02. The van der Waals surface area contributed by atoms with Crippen molar-refractivity contribution in [3.05, 3.63) is 0 Å². The van der Waals surface area contributed by atoms with Crippen LogP contribution in [0.15, 0.2) is 0 Å². The van der Waals surface area contributed by atoms with E-state index in [-0.39, 0.29) is 17.7 Å². The topological polar surface area (TPSA) is 128 Å². The molecular formula is C15H24N4O5S. The van der Waals surface area contributed by atoms with Gasteiger partial charge in [0.2, 0.25) is 17.7 Å². The van der Waals surface area contributed by atoms with E-state index in [0.717, 1.165) is 25.8 Å². The number of rotatable bonds is 7. The van der Waals surface area contributed by atoms with Crippen molar-refractivity contribution in [1.82, 2.24) is 20.9 Å². The number of carbonyl (C=O) groups is 4. The number of amides is 3. The number of carbonyl (C=O) groups excluding carboxylic acids is 3. The van der Waals surface area contributed by atoms with Crippen LogP contribution in [0.5, 0.6) is 0 Å². The Balaban J connectivity index is 1.94. The number of likely N-dealkylation sites (tertiary alicyclic amines) is 1. The van der Waals surface area contributed by atoms with Gasteiger partial charge in [0.1, 0.15) is 18.6 Å². The molecule has 3 atom stereocenters. The van der Waals surface area contributed by atoms with Crippen LogP contribution in [0.4, 0.5) is 0 Å². The Morgan fingerprint density at radius 3 is 2.60 bits per heavy atom. The highest BCUT2D eigenvalue weighted by Crippen LogP contribution is 2.21. The second-order valence-electron chi connectivity index (χ2n) is 6.19. The maximum Gasteiger partial charge on any atom is 0.322 e. The molecule has 0 aromatic carbocycles. The molecule has 0 aromatic heterocycles. The molecule has 25 heavy (non-hydrogen) atoms. The first-order valence-electron chi connectivity index (χ1n) is 8.38. The number of hydrogen-bond acceptors (Lipinski definition) is 6. The Bertz CT molecular complexity index is 538. The van der Waals surface area contributed by atoms with Gasteiger partial charge in [0.15, 0.2) is 0 Å². The van der Waals surface area contributed by atoms with Crippen LogP contribution >= 0.6 is 12.6 Å². The third kappa shape index (κ3) is 5.08. The van der Waals surface area contributed by atoms with Crippen LogP contribution in [0.2, 0.25) is 0 Å². The van der Waals surface area contributed by atoms with Crippen LogP contribution in [0.25, 0.3) is 0 Å². The highest BCUT2D eigenvalue weighted by Gasteiger charge is 2.38. The molecule has 2 heterocycles. The smallest absolute Gasteiger partial charge is 0.322 e. The highest BCUT2D eigenvalue weighted by molar-refractivity contribution is 7.80. The summed E-state index contributed by atoms with van der Waals surface area (Å²) >= 11 is 4.04. The van der Waals surface area contributed by atoms with Gasteiger partial charge in [-0.05, 0) is 32.2 Å². The third-order valence-corrected chi connectivity index (χ3v) is 4.79. The predicted octanol–water partition coefficient (Wildman–Crippen LogP) is -1.66. The first kappa shape index (κ1) is 19.5. The lowest BCUT2D eigenvalue weighted by molar-refractivity contribution is -0.141. The Kier molecular flexibility index (Phi) is 7.06. The number of nitrogens with one attached hydrogen (secondary N) is 3. The summed E-state index contributed by atoms with van der Waals surface area (Å²) in [7, 11) is 0. The van der Waals surface area contributed by atoms with Crippen LogP contribution in [-0.4, -0.2) is 77.2 Å². The molecular weight excluding hydrogens is 348 g/mol. The van der Waals surface area contributed by atoms with Gasteiger partial charge in [-0.3, -0.25) is 19.2 Å². The Morgan fingerprint density at radius 1 is 1.24 bits per heavy atom. The minimum Gasteiger partial charge on any atom is -0.480 e. The predicted molar refractivity (Wildman–Crippen MR) is 92.2 cm³/mol. The second-order valence-corrected chi connectivity index (χ2v) is 6.56. The van der Waals surface area contributed by atoms with E-state index in [9.17, 15) is 19.2 Å². The number of hydrogen-bond donors (Lipinski definition) is 5. The molecule has 0 spiro atoms. The van der Waals surface area contributed by atoms with Crippen molar-refractivity contribution in [3.8, 4) is 0 Å². The van der Waals surface area contributed by atoms with Gasteiger partial charge in [0.25, 0.3) is 0 Å². The van der Waals surface area contributed by atoms with Gasteiger partial charge in [0, 0.05) is 12.3 Å². The molecule has 0 aromatic rings. The standard InChI is InChI=1S/C15H24N4O5S/c20-12(21)7-17-13(22)10(8-25)18-14(23)11-4-2-6-19(11)15(24)9-3-1-5-16-9/h9-11,16,25H,1-8H2,(H,17,22)(H,18,23)(H,20,21). The molecule has 9 nitrogen and oxygen atoms in total. The van der Waals surface area contributed by atoms with E-state index in [1.807, 2.05) is 0 Å². The average molecular weight is 372 g/mol. The van der Waals surface area contributed by atoms with Crippen LogP contribution in [-0.2, 0) is 19.2 Å². The van der Waals surface area contributed by atoms with E-state index in [4.69, 9.17) is 5.11 Å². The van der Waals surface area contributed by atoms with Gasteiger partial charge in [0.05, 0.1) is 6.04 Å². The number of nitrogens with zero attached hydrogens (tertiary/aromatic N) is 1. The summed E-state index contributed by atoms with van der Waals surface area (Å²) < 4.78 is 0. The van der Waals surface area contributed by atoms with Gasteiger partial charge in [-0.15, -0.1) is 0 Å². The number of aliphatic carboxylic acids is 1. The Hall–Kier alpha value is -1.81. The summed E-state index contributed by atoms with van der Waals surface area (Å²) in [5.41, 5.74) is 0. The van der Waals surface area contributed by atoms with Crippen molar-refractivity contribution in [2.45, 2.75) is 43.8 Å². The molecule has 2 aliphatic rings. The van der Waals surface area contributed by atoms with Crippen LogP contribution in [0.1, 0.15) is 25.7 Å². The van der Waals surface area contributed by atoms with Crippen molar-refractivity contribution in [2.24, 2.45) is 0 Å². The Morgan fingerprint density at radius 2 is 2.00 bits per heavy atom. The monoisotopic (exact) mass is 372 g/mol. The zero-order chi connectivity index (χ0) is 18.4. The summed E-state index contributed by atoms with van der Waals surface area (Å²) in [4.78, 5) is 49.1. The molecule has 4 N–H and O–H groups in total. The molecule has 3 unspecified atom stereocenters. The molecule has 2 fully saturated rings. The quantitative estimate of drug-likeness (QED) is 0.341. The van der Waals surface area contributed by atoms with Gasteiger partial charge >= 0.3 is 5.97 Å². The van der Waals surface area contributed by atoms with E-state index < -0.39 is 36.4 Å². The van der Waals surface area contributed by atoms with Crippen molar-refractivity contribution < 1.29 is 24.3 Å². The molecule has 0 radical (unpaired) electrons. The lowest BCUT2D eigenvalue weighted by Crippen LogP contribution is -2.56. The molecule has 0 saturated carbocycles. The normalized spacial score (nSPS) is 24.0. The molecule has 0 aliphatic carbocycles. The SMILES string of the molecule is O=C(O)CNC(=O)C(CS)NC(=O)C1CCCN1C(=O)C1CCCN1. The fraction of sp³-hybridized carbons (Fsp3) is 0.733. The van der Waals surface area contributed by atoms with Gasteiger partial charge in [-0.25, -0.2) is 0 Å². The van der Waals surface area contributed by atoms with Crippen LogP contribution in [0, 0.1) is 0 Å². The minimum atomic E-state index is -1.17. The summed E-state index contributed by atoms with van der Waals surface area (Å²) in [5.74, 6) is -2.24. The van der Waals surface area contributed by atoms with E-state index in [0.29, 0.717) is 13.0 Å². The maximum absolute atomic E-state index is 12.6. The van der Waals surface area contributed by atoms with Gasteiger partial charge in [-0.1, -0.05) is 0 Å². The molecule has 3 amide bonds. The number of thiol groups is 1. The largest absolute Gasteiger partial charge is 0.480 e. The van der Waals surface area contributed by atoms with Crippen LogP contribution < -0.4 is 16.0 Å². The lowest BCUT2D eigenvalue weighted by Gasteiger charge is -2.28. The fourth-order valence-corrected chi connectivity index (χ4v) is 3.40. The molecule has 2 aliphatic heterocycles. The first-order chi connectivity index (χ1) is 11.9. The van der Waals surface area contributed by atoms with Gasteiger partial charge < -0.3 is 26.0 Å². The summed E-state index contributed by atoms with van der Waals surface area (Å²) in [6.07, 6.45) is 2.97. The van der Waals surface area contributed by atoms with E-state index in [1.165, 1.54) is 0 Å². The average Bonchev–Trinajstić information content (AvgIpc) is 3.27. The van der Waals surface area contributed by atoms with Crippen molar-refractivity contribution in [1.29, 1.82) is 0 Å². The van der Waals surface area contributed by atoms with E-state index in [2.05, 4.69) is 28.6 Å². The maximum atomic E-state index is 12.6. The molecule has 2 rings (SSSR count). The number of carboxylic acids is 1. The Labute approximate surface area is 151 Å². The molecule has 140 valence electrons. The third-order valence-electron chi connectivity index (χ3n) is 4.43. The summed E-state index contributed by atoms with van der Waals surface area (Å²) in [6.45, 7) is 0.790. The lowest BCUT2D eigenvalue weighted by atomic mass is 10.1.